The maximum atomic E-state index is 12.1. The number of carbonyl (C=O) groups excluding carboxylic acids is 1. The van der Waals surface area contributed by atoms with Gasteiger partial charge in [0.25, 0.3) is 5.91 Å². The number of pyridine rings is 1. The second kappa shape index (κ2) is 6.77. The molecule has 1 heterocycles. The molecular weight excluding hydrogens is 333 g/mol. The number of hydrogen-bond donors (Lipinski definition) is 1. The molecular formula is C17H11Cl2N3O. The van der Waals surface area contributed by atoms with Crippen molar-refractivity contribution in [3.63, 3.8) is 0 Å². The lowest BCUT2D eigenvalue weighted by atomic mass is 10.2. The minimum atomic E-state index is -0.392. The van der Waals surface area contributed by atoms with Gasteiger partial charge in [0.2, 0.25) is 0 Å². The molecule has 6 heteroatoms. The third-order valence-electron chi connectivity index (χ3n) is 3.16. The Hall–Kier alpha value is -2.43. The molecule has 3 rings (SSSR count). The van der Waals surface area contributed by atoms with Crippen LogP contribution in [0.25, 0.3) is 10.9 Å². The zero-order chi connectivity index (χ0) is 16.2. The van der Waals surface area contributed by atoms with Gasteiger partial charge in [0.05, 0.1) is 16.8 Å². The van der Waals surface area contributed by atoms with Crippen molar-refractivity contribution in [2.45, 2.75) is 0 Å². The maximum absolute atomic E-state index is 12.1. The summed E-state index contributed by atoms with van der Waals surface area (Å²) in [7, 11) is 0. The maximum Gasteiger partial charge on any atom is 0.289 e. The van der Waals surface area contributed by atoms with Gasteiger partial charge in [-0.3, -0.25) is 4.79 Å². The Bertz CT molecular complexity index is 909. The van der Waals surface area contributed by atoms with E-state index in [1.807, 2.05) is 30.3 Å². The summed E-state index contributed by atoms with van der Waals surface area (Å²) in [5.74, 6) is -0.392. The van der Waals surface area contributed by atoms with Gasteiger partial charge >= 0.3 is 0 Å². The van der Waals surface area contributed by atoms with Crippen molar-refractivity contribution in [2.24, 2.45) is 5.10 Å². The van der Waals surface area contributed by atoms with Gasteiger partial charge in [-0.05, 0) is 24.3 Å². The largest absolute Gasteiger partial charge is 0.289 e. The number of aromatic nitrogens is 1. The predicted octanol–water partition coefficient (Wildman–Crippen LogP) is 4.31. The lowest BCUT2D eigenvalue weighted by Crippen LogP contribution is -2.18. The van der Waals surface area contributed by atoms with Crippen LogP contribution >= 0.6 is 23.2 Å². The third kappa shape index (κ3) is 3.67. The fourth-order valence-corrected chi connectivity index (χ4v) is 2.47. The van der Waals surface area contributed by atoms with Crippen LogP contribution in [0.1, 0.15) is 16.1 Å². The number of rotatable bonds is 3. The molecule has 23 heavy (non-hydrogen) atoms. The summed E-state index contributed by atoms with van der Waals surface area (Å²) in [4.78, 5) is 16.4. The van der Waals surface area contributed by atoms with Crippen LogP contribution in [-0.2, 0) is 0 Å². The van der Waals surface area contributed by atoms with E-state index in [0.717, 1.165) is 10.9 Å². The molecule has 4 nitrogen and oxygen atoms in total. The van der Waals surface area contributed by atoms with Crippen LogP contribution in [0.2, 0.25) is 10.0 Å². The van der Waals surface area contributed by atoms with Crippen molar-refractivity contribution >= 4 is 46.2 Å². The first kappa shape index (κ1) is 15.5. The first-order valence-corrected chi connectivity index (χ1v) is 7.53. The minimum absolute atomic E-state index is 0.294. The van der Waals surface area contributed by atoms with Gasteiger partial charge in [0, 0.05) is 16.0 Å². The van der Waals surface area contributed by atoms with Crippen LogP contribution in [0.5, 0.6) is 0 Å². The van der Waals surface area contributed by atoms with Crippen molar-refractivity contribution < 1.29 is 4.79 Å². The molecule has 1 amide bonds. The van der Waals surface area contributed by atoms with Gasteiger partial charge < -0.3 is 0 Å². The highest BCUT2D eigenvalue weighted by Gasteiger charge is 2.07. The van der Waals surface area contributed by atoms with Gasteiger partial charge in [0.1, 0.15) is 5.69 Å². The highest BCUT2D eigenvalue weighted by atomic mass is 35.5. The smallest absolute Gasteiger partial charge is 0.266 e. The molecule has 3 aromatic rings. The summed E-state index contributed by atoms with van der Waals surface area (Å²) in [6, 6.07) is 16.1. The van der Waals surface area contributed by atoms with Gasteiger partial charge in [-0.1, -0.05) is 53.5 Å². The third-order valence-corrected chi connectivity index (χ3v) is 3.73. The predicted molar refractivity (Wildman–Crippen MR) is 93.3 cm³/mol. The molecule has 0 spiro atoms. The Kier molecular flexibility index (Phi) is 4.55. The van der Waals surface area contributed by atoms with Crippen LogP contribution in [0, 0.1) is 0 Å². The molecule has 0 bridgehead atoms. The molecule has 0 fully saturated rings. The molecule has 1 aromatic heterocycles. The molecule has 0 unspecified atom stereocenters. The van der Waals surface area contributed by atoms with E-state index in [-0.39, 0.29) is 0 Å². The lowest BCUT2D eigenvalue weighted by molar-refractivity contribution is 0.0950. The number of nitrogens with zero attached hydrogens (tertiary/aromatic N) is 2. The fourth-order valence-electron chi connectivity index (χ4n) is 2.02. The monoisotopic (exact) mass is 343 g/mol. The number of carbonyl (C=O) groups is 1. The number of hydrazone groups is 1. The summed E-state index contributed by atoms with van der Waals surface area (Å²) in [6.07, 6.45) is 1.46. The van der Waals surface area contributed by atoms with Crippen molar-refractivity contribution in [3.05, 3.63) is 75.9 Å². The van der Waals surface area contributed by atoms with Crippen LogP contribution in [0.15, 0.2) is 59.7 Å². The number of benzene rings is 2. The lowest BCUT2D eigenvalue weighted by Gasteiger charge is -2.02. The Morgan fingerprint density at radius 1 is 1.09 bits per heavy atom. The van der Waals surface area contributed by atoms with Crippen LogP contribution in [-0.4, -0.2) is 17.1 Å². The van der Waals surface area contributed by atoms with Crippen molar-refractivity contribution in [1.82, 2.24) is 10.4 Å². The Labute approximate surface area is 142 Å². The molecule has 0 aliphatic heterocycles. The van der Waals surface area contributed by atoms with E-state index in [4.69, 9.17) is 23.2 Å². The van der Waals surface area contributed by atoms with E-state index in [0.29, 0.717) is 21.3 Å². The Morgan fingerprint density at radius 2 is 1.91 bits per heavy atom. The second-order valence-electron chi connectivity index (χ2n) is 4.75. The van der Waals surface area contributed by atoms with Gasteiger partial charge in [-0.25, -0.2) is 10.4 Å². The number of fused-ring (bicyclic) bond motifs is 1. The molecule has 0 aliphatic rings. The summed E-state index contributed by atoms with van der Waals surface area (Å²) >= 11 is 11.8. The quantitative estimate of drug-likeness (QED) is 0.569. The molecule has 1 N–H and O–H groups in total. The summed E-state index contributed by atoms with van der Waals surface area (Å²) in [5, 5.41) is 5.87. The average Bonchev–Trinajstić information content (AvgIpc) is 2.56. The van der Waals surface area contributed by atoms with E-state index >= 15 is 0 Å². The van der Waals surface area contributed by atoms with Gasteiger partial charge in [-0.2, -0.15) is 5.10 Å². The standard InChI is InChI=1S/C17H11Cl2N3O/c18-13-7-5-12(14(19)9-13)10-20-22-17(23)16-8-6-11-3-1-2-4-15(11)21-16/h1-10H,(H,22,23)/b20-10-. The molecule has 2 aromatic carbocycles. The first-order chi connectivity index (χ1) is 11.1. The zero-order valence-corrected chi connectivity index (χ0v) is 13.3. The molecule has 0 aliphatic carbocycles. The zero-order valence-electron chi connectivity index (χ0n) is 11.8. The van der Waals surface area contributed by atoms with E-state index in [2.05, 4.69) is 15.5 Å². The van der Waals surface area contributed by atoms with Crippen molar-refractivity contribution in [2.75, 3.05) is 0 Å². The number of para-hydroxylation sites is 1. The van der Waals surface area contributed by atoms with Crippen molar-refractivity contribution in [3.8, 4) is 0 Å². The number of halogens is 2. The topological polar surface area (TPSA) is 54.4 Å². The summed E-state index contributed by atoms with van der Waals surface area (Å²) in [6.45, 7) is 0. The van der Waals surface area contributed by atoms with E-state index in [1.54, 1.807) is 24.3 Å². The second-order valence-corrected chi connectivity index (χ2v) is 5.60. The number of nitrogens with one attached hydrogen (secondary N) is 1. The van der Waals surface area contributed by atoms with Gasteiger partial charge in [0.15, 0.2) is 0 Å². The molecule has 0 radical (unpaired) electrons. The molecule has 0 atom stereocenters. The number of amides is 1. The van der Waals surface area contributed by atoms with Crippen molar-refractivity contribution in [1.29, 1.82) is 0 Å². The fraction of sp³-hybridized carbons (Fsp3) is 0. The Balaban J connectivity index is 1.74. The van der Waals surface area contributed by atoms with Crippen LogP contribution < -0.4 is 5.43 Å². The summed E-state index contributed by atoms with van der Waals surface area (Å²) < 4.78 is 0. The van der Waals surface area contributed by atoms with E-state index < -0.39 is 5.91 Å². The minimum Gasteiger partial charge on any atom is -0.266 e. The van der Waals surface area contributed by atoms with Crippen LogP contribution in [0.3, 0.4) is 0 Å². The normalized spacial score (nSPS) is 11.0. The van der Waals surface area contributed by atoms with Gasteiger partial charge in [-0.15, -0.1) is 0 Å². The van der Waals surface area contributed by atoms with E-state index in [9.17, 15) is 4.79 Å². The van der Waals surface area contributed by atoms with E-state index in [1.165, 1.54) is 6.21 Å². The molecule has 114 valence electrons. The SMILES string of the molecule is O=C(N/N=C\c1ccc(Cl)cc1Cl)c1ccc2ccccc2n1. The summed E-state index contributed by atoms with van der Waals surface area (Å²) in [5.41, 5.74) is 4.13. The average molecular weight is 344 g/mol. The first-order valence-electron chi connectivity index (χ1n) is 6.78. The molecule has 0 saturated carbocycles. The highest BCUT2D eigenvalue weighted by Crippen LogP contribution is 2.19. The highest BCUT2D eigenvalue weighted by molar-refractivity contribution is 6.36. The van der Waals surface area contributed by atoms with Crippen LogP contribution in [0.4, 0.5) is 0 Å². The molecule has 0 saturated heterocycles. The Morgan fingerprint density at radius 3 is 2.74 bits per heavy atom. The number of hydrogen-bond acceptors (Lipinski definition) is 3.